The molecular weight excluding hydrogens is 398 g/mol. The van der Waals surface area contributed by atoms with Gasteiger partial charge in [0.15, 0.2) is 0 Å². The number of carbonyl (C=O) groups excluding carboxylic acids is 1. The molecule has 1 saturated heterocycles. The van der Waals surface area contributed by atoms with Crippen LogP contribution in [0, 0.1) is 0 Å². The van der Waals surface area contributed by atoms with Crippen LogP contribution in [-0.2, 0) is 6.42 Å². The highest BCUT2D eigenvalue weighted by atomic mass is 32.2. The Morgan fingerprint density at radius 1 is 1.00 bits per heavy atom. The van der Waals surface area contributed by atoms with Crippen molar-refractivity contribution in [2.45, 2.75) is 74.9 Å². The number of rotatable bonds is 12. The third kappa shape index (κ3) is 9.74. The van der Waals surface area contributed by atoms with Crippen LogP contribution in [0.3, 0.4) is 0 Å². The van der Waals surface area contributed by atoms with Crippen molar-refractivity contribution >= 4 is 23.9 Å². The van der Waals surface area contributed by atoms with Crippen LogP contribution in [0.5, 0.6) is 0 Å². The molecule has 0 spiro atoms. The lowest BCUT2D eigenvalue weighted by molar-refractivity contribution is 0.187. The lowest BCUT2D eigenvalue weighted by atomic mass is 10.1. The number of urea groups is 1. The van der Waals surface area contributed by atoms with Crippen LogP contribution in [0.4, 0.5) is 9.59 Å². The highest BCUT2D eigenvalue weighted by Gasteiger charge is 2.23. The molecule has 6 nitrogen and oxygen atoms in total. The standard InChI is InChI=1S/C23H37N3O3S/c1-2-3-4-5-6-7-15-24-22(27)26-17-13-21(14-18-26)30-20-10-8-19(9-11-20)12-16-25-23(28)29/h8-11,21,25H,2-7,12-18H2,1H3,(H,24,27)(H,28,29). The average molecular weight is 436 g/mol. The van der Waals surface area contributed by atoms with E-state index in [0.717, 1.165) is 44.5 Å². The Labute approximate surface area is 185 Å². The van der Waals surface area contributed by atoms with Crippen LogP contribution in [0.1, 0.15) is 63.9 Å². The van der Waals surface area contributed by atoms with Gasteiger partial charge in [-0.3, -0.25) is 0 Å². The summed E-state index contributed by atoms with van der Waals surface area (Å²) in [6, 6.07) is 8.44. The highest BCUT2D eigenvalue weighted by Crippen LogP contribution is 2.30. The van der Waals surface area contributed by atoms with Gasteiger partial charge in [-0.05, 0) is 43.4 Å². The second-order valence-corrected chi connectivity index (χ2v) is 9.30. The molecule has 0 aromatic heterocycles. The summed E-state index contributed by atoms with van der Waals surface area (Å²) in [6.45, 7) is 5.08. The third-order valence-corrected chi connectivity index (χ3v) is 6.80. The number of hydrogen-bond acceptors (Lipinski definition) is 3. The lowest BCUT2D eigenvalue weighted by Crippen LogP contribution is -2.45. The molecule has 0 aliphatic carbocycles. The third-order valence-electron chi connectivity index (χ3n) is 5.45. The molecule has 1 heterocycles. The van der Waals surface area contributed by atoms with Crippen LogP contribution in [0.2, 0.25) is 0 Å². The van der Waals surface area contributed by atoms with Crippen molar-refractivity contribution in [3.63, 3.8) is 0 Å². The summed E-state index contributed by atoms with van der Waals surface area (Å²) < 4.78 is 0. The van der Waals surface area contributed by atoms with Crippen LogP contribution < -0.4 is 10.6 Å². The van der Waals surface area contributed by atoms with E-state index in [9.17, 15) is 9.59 Å². The quantitative estimate of drug-likeness (QED) is 0.398. The number of thioether (sulfide) groups is 1. The Balaban J connectivity index is 1.60. The minimum atomic E-state index is -0.982. The maximum atomic E-state index is 12.3. The number of unbranched alkanes of at least 4 members (excludes halogenated alkanes) is 5. The largest absolute Gasteiger partial charge is 0.465 e. The summed E-state index contributed by atoms with van der Waals surface area (Å²) in [5.41, 5.74) is 1.13. The van der Waals surface area contributed by atoms with Crippen molar-refractivity contribution in [1.29, 1.82) is 0 Å². The van der Waals surface area contributed by atoms with Crippen molar-refractivity contribution in [3.05, 3.63) is 29.8 Å². The van der Waals surface area contributed by atoms with E-state index < -0.39 is 6.09 Å². The fraction of sp³-hybridized carbons (Fsp3) is 0.652. The first-order valence-electron chi connectivity index (χ1n) is 11.3. The maximum absolute atomic E-state index is 12.3. The van der Waals surface area contributed by atoms with Gasteiger partial charge in [-0.15, -0.1) is 11.8 Å². The molecule has 2 rings (SSSR count). The summed E-state index contributed by atoms with van der Waals surface area (Å²) in [5, 5.41) is 14.6. The van der Waals surface area contributed by atoms with E-state index in [1.54, 1.807) is 0 Å². The van der Waals surface area contributed by atoms with E-state index in [1.807, 2.05) is 16.7 Å². The van der Waals surface area contributed by atoms with Gasteiger partial charge in [-0.1, -0.05) is 51.2 Å². The highest BCUT2D eigenvalue weighted by molar-refractivity contribution is 8.00. The molecule has 1 aliphatic rings. The Morgan fingerprint density at radius 2 is 1.67 bits per heavy atom. The van der Waals surface area contributed by atoms with E-state index in [1.165, 1.54) is 37.0 Å². The molecule has 168 valence electrons. The zero-order chi connectivity index (χ0) is 21.6. The number of hydrogen-bond donors (Lipinski definition) is 3. The number of carbonyl (C=O) groups is 2. The van der Waals surface area contributed by atoms with Crippen molar-refractivity contribution in [2.75, 3.05) is 26.2 Å². The van der Waals surface area contributed by atoms with Gasteiger partial charge in [-0.2, -0.15) is 0 Å². The predicted molar refractivity (Wildman–Crippen MR) is 123 cm³/mol. The number of likely N-dealkylation sites (tertiary alicyclic amines) is 1. The molecule has 1 aromatic rings. The molecule has 0 radical (unpaired) electrons. The number of nitrogens with zero attached hydrogens (tertiary/aromatic N) is 1. The van der Waals surface area contributed by atoms with E-state index in [2.05, 4.69) is 41.8 Å². The first-order chi connectivity index (χ1) is 14.6. The number of benzene rings is 1. The minimum absolute atomic E-state index is 0.0892. The smallest absolute Gasteiger partial charge is 0.404 e. The Morgan fingerprint density at radius 3 is 2.33 bits per heavy atom. The molecule has 3 N–H and O–H groups in total. The predicted octanol–water partition coefficient (Wildman–Crippen LogP) is 5.12. The summed E-state index contributed by atoms with van der Waals surface area (Å²) in [7, 11) is 0. The first-order valence-corrected chi connectivity index (χ1v) is 12.2. The van der Waals surface area contributed by atoms with Gasteiger partial charge in [0.1, 0.15) is 0 Å². The molecular formula is C23H37N3O3S. The average Bonchev–Trinajstić information content (AvgIpc) is 2.74. The molecule has 7 heteroatoms. The summed E-state index contributed by atoms with van der Waals surface area (Å²) in [4.78, 5) is 26.0. The molecule has 1 aromatic carbocycles. The molecule has 0 atom stereocenters. The minimum Gasteiger partial charge on any atom is -0.465 e. The Kier molecular flexibility index (Phi) is 11.5. The number of nitrogens with one attached hydrogen (secondary N) is 2. The van der Waals surface area contributed by atoms with Crippen LogP contribution in [-0.4, -0.2) is 53.6 Å². The van der Waals surface area contributed by atoms with Crippen molar-refractivity contribution in [3.8, 4) is 0 Å². The van der Waals surface area contributed by atoms with Crippen LogP contribution in [0.15, 0.2) is 29.2 Å². The van der Waals surface area contributed by atoms with Gasteiger partial charge in [0, 0.05) is 36.3 Å². The first kappa shape index (κ1) is 24.4. The van der Waals surface area contributed by atoms with E-state index in [0.29, 0.717) is 18.2 Å². The second kappa shape index (κ2) is 14.2. The number of amides is 3. The van der Waals surface area contributed by atoms with Gasteiger partial charge in [0.25, 0.3) is 0 Å². The zero-order valence-corrected chi connectivity index (χ0v) is 19.0. The molecule has 30 heavy (non-hydrogen) atoms. The van der Waals surface area contributed by atoms with Gasteiger partial charge >= 0.3 is 12.1 Å². The van der Waals surface area contributed by atoms with Gasteiger partial charge < -0.3 is 20.6 Å². The molecule has 0 unspecified atom stereocenters. The molecule has 1 aliphatic heterocycles. The van der Waals surface area contributed by atoms with E-state index in [-0.39, 0.29) is 6.03 Å². The summed E-state index contributed by atoms with van der Waals surface area (Å²) >= 11 is 1.88. The fourth-order valence-electron chi connectivity index (χ4n) is 3.63. The van der Waals surface area contributed by atoms with E-state index in [4.69, 9.17) is 5.11 Å². The second-order valence-electron chi connectivity index (χ2n) is 7.93. The number of carboxylic acid groups (broad SMARTS) is 1. The molecule has 0 bridgehead atoms. The molecule has 0 saturated carbocycles. The Bertz CT molecular complexity index is 631. The number of piperidine rings is 1. The zero-order valence-electron chi connectivity index (χ0n) is 18.2. The van der Waals surface area contributed by atoms with Gasteiger partial charge in [-0.25, -0.2) is 9.59 Å². The topological polar surface area (TPSA) is 81.7 Å². The van der Waals surface area contributed by atoms with Gasteiger partial charge in [0.2, 0.25) is 0 Å². The summed E-state index contributed by atoms with van der Waals surface area (Å²) in [6.07, 6.45) is 9.17. The SMILES string of the molecule is CCCCCCCCNC(=O)N1CCC(Sc2ccc(CCNC(=O)O)cc2)CC1. The van der Waals surface area contributed by atoms with Crippen LogP contribution in [0.25, 0.3) is 0 Å². The summed E-state index contributed by atoms with van der Waals surface area (Å²) in [5.74, 6) is 0. The lowest BCUT2D eigenvalue weighted by Gasteiger charge is -2.31. The van der Waals surface area contributed by atoms with Gasteiger partial charge in [0.05, 0.1) is 0 Å². The molecule has 1 fully saturated rings. The van der Waals surface area contributed by atoms with Crippen LogP contribution >= 0.6 is 11.8 Å². The van der Waals surface area contributed by atoms with Crippen molar-refractivity contribution < 1.29 is 14.7 Å². The molecule has 3 amide bonds. The Hall–Kier alpha value is -1.89. The maximum Gasteiger partial charge on any atom is 0.404 e. The van der Waals surface area contributed by atoms with Crippen molar-refractivity contribution in [2.24, 2.45) is 0 Å². The van der Waals surface area contributed by atoms with Crippen molar-refractivity contribution in [1.82, 2.24) is 15.5 Å². The fourth-order valence-corrected chi connectivity index (χ4v) is 4.75. The van der Waals surface area contributed by atoms with E-state index >= 15 is 0 Å². The monoisotopic (exact) mass is 435 g/mol. The normalized spacial score (nSPS) is 14.5.